The zero-order valence-electron chi connectivity index (χ0n) is 18.9. The monoisotopic (exact) mass is 451 g/mol. The third kappa shape index (κ3) is 6.06. The first-order chi connectivity index (χ1) is 15.2. The van der Waals surface area contributed by atoms with Crippen molar-refractivity contribution in [2.75, 3.05) is 18.4 Å². The predicted octanol–water partition coefficient (Wildman–Crippen LogP) is 6.29. The highest BCUT2D eigenvalue weighted by molar-refractivity contribution is 5.90. The topological polar surface area (TPSA) is 48.7 Å². The number of likely N-dealkylation sites (tertiary alicyclic amines) is 1. The van der Waals surface area contributed by atoms with E-state index in [1.54, 1.807) is 4.90 Å². The largest absolute Gasteiger partial charge is 0.455 e. The molecule has 1 unspecified atom stereocenters. The summed E-state index contributed by atoms with van der Waals surface area (Å²) in [6.45, 7) is 7.88. The zero-order chi connectivity index (χ0) is 23.3. The summed E-state index contributed by atoms with van der Waals surface area (Å²) in [7, 11) is 0. The lowest BCUT2D eigenvalue weighted by Crippen LogP contribution is -2.50. The van der Waals surface area contributed by atoms with E-state index in [4.69, 9.17) is 4.42 Å². The number of aryl methyl sites for hydroxylation is 1. The molecule has 5 nitrogen and oxygen atoms in total. The van der Waals surface area contributed by atoms with Gasteiger partial charge in [0.15, 0.2) is 0 Å². The van der Waals surface area contributed by atoms with E-state index >= 15 is 0 Å². The van der Waals surface area contributed by atoms with E-state index in [1.165, 1.54) is 13.0 Å². The van der Waals surface area contributed by atoms with Gasteiger partial charge in [-0.3, -0.25) is 0 Å². The molecule has 1 aromatic carbocycles. The maximum Gasteiger partial charge on any atom is 0.451 e. The molecule has 3 rings (SSSR count). The Morgan fingerprint density at radius 3 is 2.50 bits per heavy atom. The number of anilines is 1. The highest BCUT2D eigenvalue weighted by atomic mass is 19.4. The van der Waals surface area contributed by atoms with Gasteiger partial charge in [-0.15, -0.1) is 0 Å². The van der Waals surface area contributed by atoms with Gasteiger partial charge in [0, 0.05) is 37.8 Å². The molecular weight excluding hydrogens is 419 g/mol. The molecule has 0 aliphatic carbocycles. The van der Waals surface area contributed by atoms with Crippen molar-refractivity contribution in [1.82, 2.24) is 9.80 Å². The van der Waals surface area contributed by atoms with E-state index in [1.807, 2.05) is 30.3 Å². The average molecular weight is 452 g/mol. The second-order valence-electron chi connectivity index (χ2n) is 8.55. The summed E-state index contributed by atoms with van der Waals surface area (Å²) in [5.74, 6) is -1.08. The Balaban J connectivity index is 1.77. The first-order valence-corrected chi connectivity index (χ1v) is 11.2. The Morgan fingerprint density at radius 1 is 1.25 bits per heavy atom. The number of amides is 2. The van der Waals surface area contributed by atoms with Crippen LogP contribution in [0.5, 0.6) is 0 Å². The quantitative estimate of drug-likeness (QED) is 0.538. The number of benzene rings is 1. The van der Waals surface area contributed by atoms with E-state index in [2.05, 4.69) is 24.1 Å². The van der Waals surface area contributed by atoms with E-state index < -0.39 is 18.0 Å². The summed E-state index contributed by atoms with van der Waals surface area (Å²) < 4.78 is 44.8. The molecule has 1 aliphatic rings. The van der Waals surface area contributed by atoms with Gasteiger partial charge in [-0.2, -0.15) is 13.2 Å². The highest BCUT2D eigenvalue weighted by Crippen LogP contribution is 2.37. The number of alkyl halides is 3. The number of rotatable bonds is 7. The fraction of sp³-hybridized carbons (Fsp3) is 0.542. The second kappa shape index (κ2) is 10.4. The number of carbonyl (C=O) groups excluding carboxylic acids is 1. The second-order valence-corrected chi connectivity index (χ2v) is 8.55. The van der Waals surface area contributed by atoms with Gasteiger partial charge >= 0.3 is 12.2 Å². The number of carbonyl (C=O) groups is 1. The fourth-order valence-corrected chi connectivity index (χ4v) is 4.39. The van der Waals surface area contributed by atoms with Crippen molar-refractivity contribution in [2.24, 2.45) is 0 Å². The van der Waals surface area contributed by atoms with Crippen LogP contribution in [-0.2, 0) is 12.7 Å². The molecule has 1 atom stereocenters. The summed E-state index contributed by atoms with van der Waals surface area (Å²) >= 11 is 0. The van der Waals surface area contributed by atoms with Gasteiger partial charge in [0.05, 0.1) is 5.69 Å². The summed E-state index contributed by atoms with van der Waals surface area (Å²) in [4.78, 5) is 17.3. The highest BCUT2D eigenvalue weighted by Gasteiger charge is 2.39. The van der Waals surface area contributed by atoms with Crippen LogP contribution in [0, 0.1) is 6.92 Å². The molecule has 8 heteroatoms. The van der Waals surface area contributed by atoms with Gasteiger partial charge < -0.3 is 19.5 Å². The third-order valence-electron chi connectivity index (χ3n) is 6.08. The molecule has 176 valence electrons. The van der Waals surface area contributed by atoms with Crippen LogP contribution in [-0.4, -0.2) is 41.0 Å². The van der Waals surface area contributed by atoms with E-state index in [9.17, 15) is 18.0 Å². The number of nitrogens with zero attached hydrogens (tertiary/aromatic N) is 2. The maximum absolute atomic E-state index is 13.3. The molecule has 1 saturated heterocycles. The fourth-order valence-electron chi connectivity index (χ4n) is 4.39. The lowest BCUT2D eigenvalue weighted by molar-refractivity contribution is -0.152. The predicted molar refractivity (Wildman–Crippen MR) is 118 cm³/mol. The van der Waals surface area contributed by atoms with Crippen LogP contribution in [0.3, 0.4) is 0 Å². The van der Waals surface area contributed by atoms with Crippen LogP contribution in [0.25, 0.3) is 0 Å². The molecule has 1 N–H and O–H groups in total. The van der Waals surface area contributed by atoms with Gasteiger partial charge in [-0.25, -0.2) is 4.79 Å². The van der Waals surface area contributed by atoms with Crippen molar-refractivity contribution in [3.05, 3.63) is 53.5 Å². The number of hydrogen-bond donors (Lipinski definition) is 1. The van der Waals surface area contributed by atoms with Crippen molar-refractivity contribution < 1.29 is 22.4 Å². The van der Waals surface area contributed by atoms with Crippen LogP contribution < -0.4 is 5.32 Å². The Hall–Kier alpha value is -2.48. The molecule has 1 aliphatic heterocycles. The molecule has 32 heavy (non-hydrogen) atoms. The van der Waals surface area contributed by atoms with Crippen LogP contribution in [0.2, 0.25) is 0 Å². The van der Waals surface area contributed by atoms with Crippen molar-refractivity contribution in [2.45, 2.75) is 71.3 Å². The van der Waals surface area contributed by atoms with E-state index in [0.29, 0.717) is 12.6 Å². The van der Waals surface area contributed by atoms with E-state index in [0.717, 1.165) is 44.3 Å². The first kappa shape index (κ1) is 24.2. The standard InChI is InChI=1S/C24H32F3N3O2/c1-4-8-17(2)29-13-11-20(12-14-29)30(16-19-9-6-5-7-10-19)23(31)28-21-15-18(3)32-22(21)24(25,26)27/h5-7,9-10,15,17,20H,4,8,11-14,16H2,1-3H3,(H,28,31). The number of furan rings is 1. The molecule has 2 heterocycles. The van der Waals surface area contributed by atoms with Crippen molar-refractivity contribution in [3.63, 3.8) is 0 Å². The Kier molecular flexibility index (Phi) is 7.87. The number of halogens is 3. The molecule has 1 fully saturated rings. The number of piperidine rings is 1. The Labute approximate surface area is 187 Å². The smallest absolute Gasteiger partial charge is 0.451 e. The summed E-state index contributed by atoms with van der Waals surface area (Å²) in [5, 5.41) is 2.47. The van der Waals surface area contributed by atoms with Gasteiger partial charge in [0.1, 0.15) is 5.76 Å². The van der Waals surface area contributed by atoms with Gasteiger partial charge in [-0.1, -0.05) is 43.7 Å². The average Bonchev–Trinajstić information content (AvgIpc) is 3.13. The molecular formula is C24H32F3N3O2. The molecule has 0 saturated carbocycles. The van der Waals surface area contributed by atoms with Gasteiger partial charge in [0.2, 0.25) is 5.76 Å². The molecule has 2 aromatic rings. The maximum atomic E-state index is 13.3. The minimum Gasteiger partial charge on any atom is -0.455 e. The molecule has 2 amide bonds. The van der Waals surface area contributed by atoms with Crippen molar-refractivity contribution in [3.8, 4) is 0 Å². The lowest BCUT2D eigenvalue weighted by atomic mass is 10.00. The van der Waals surface area contributed by atoms with Crippen LogP contribution in [0.4, 0.5) is 23.7 Å². The minimum atomic E-state index is -4.68. The first-order valence-electron chi connectivity index (χ1n) is 11.2. The SMILES string of the molecule is CCCC(C)N1CCC(N(Cc2ccccc2)C(=O)Nc2cc(C)oc2C(F)(F)F)CC1. The van der Waals surface area contributed by atoms with Crippen LogP contribution in [0.1, 0.15) is 56.6 Å². The van der Waals surface area contributed by atoms with E-state index in [-0.39, 0.29) is 17.5 Å². The molecule has 1 aromatic heterocycles. The number of urea groups is 1. The summed E-state index contributed by atoms with van der Waals surface area (Å²) in [6, 6.07) is 10.6. The number of hydrogen-bond acceptors (Lipinski definition) is 3. The van der Waals surface area contributed by atoms with Gasteiger partial charge in [-0.05, 0) is 38.7 Å². The van der Waals surface area contributed by atoms with Crippen LogP contribution >= 0.6 is 0 Å². The Bertz CT molecular complexity index is 874. The van der Waals surface area contributed by atoms with Crippen molar-refractivity contribution in [1.29, 1.82) is 0 Å². The lowest BCUT2D eigenvalue weighted by Gasteiger charge is -2.40. The third-order valence-corrected chi connectivity index (χ3v) is 6.08. The molecule has 0 radical (unpaired) electrons. The minimum absolute atomic E-state index is 0.0531. The van der Waals surface area contributed by atoms with Crippen molar-refractivity contribution >= 4 is 11.7 Å². The molecule has 0 spiro atoms. The Morgan fingerprint density at radius 2 is 1.91 bits per heavy atom. The van der Waals surface area contributed by atoms with Crippen LogP contribution in [0.15, 0.2) is 40.8 Å². The molecule has 0 bridgehead atoms. The zero-order valence-corrected chi connectivity index (χ0v) is 18.9. The summed E-state index contributed by atoms with van der Waals surface area (Å²) in [6.07, 6.45) is -0.869. The summed E-state index contributed by atoms with van der Waals surface area (Å²) in [5.41, 5.74) is 0.593. The number of nitrogens with one attached hydrogen (secondary N) is 1. The normalized spacial score (nSPS) is 16.7. The van der Waals surface area contributed by atoms with Gasteiger partial charge in [0.25, 0.3) is 0 Å².